The van der Waals surface area contributed by atoms with E-state index in [0.29, 0.717) is 0 Å². The first-order valence-electron chi connectivity index (χ1n) is 16.2. The highest BCUT2D eigenvalue weighted by Crippen LogP contribution is 2.45. The van der Waals surface area contributed by atoms with E-state index in [9.17, 15) is 0 Å². The van der Waals surface area contributed by atoms with Crippen molar-refractivity contribution >= 4 is 32.3 Å². The van der Waals surface area contributed by atoms with Crippen LogP contribution in [0.2, 0.25) is 0 Å². The van der Waals surface area contributed by atoms with Gasteiger partial charge in [0, 0.05) is 0 Å². The van der Waals surface area contributed by atoms with Gasteiger partial charge in [0.1, 0.15) is 0 Å². The van der Waals surface area contributed by atoms with Crippen molar-refractivity contribution in [3.05, 3.63) is 169 Å². The van der Waals surface area contributed by atoms with E-state index in [2.05, 4.69) is 185 Å². The lowest BCUT2D eigenvalue weighted by molar-refractivity contribution is 0.601. The first-order valence-corrected chi connectivity index (χ1v) is 16.2. The van der Waals surface area contributed by atoms with Gasteiger partial charge in [-0.15, -0.1) is 0 Å². The number of hydrogen-bond donors (Lipinski definition) is 0. The average Bonchev–Trinajstić information content (AvgIpc) is 3.10. The highest BCUT2D eigenvalue weighted by Gasteiger charge is 2.24. The largest absolute Gasteiger partial charge is 0.0622 e. The average molecular weight is 589 g/mol. The number of rotatable bonds is 4. The predicted molar refractivity (Wildman–Crippen MR) is 199 cm³/mol. The van der Waals surface area contributed by atoms with Crippen LogP contribution in [-0.4, -0.2) is 0 Å². The summed E-state index contributed by atoms with van der Waals surface area (Å²) >= 11 is 0. The molecule has 0 spiro atoms. The molecule has 0 bridgehead atoms. The second-order valence-corrected chi connectivity index (χ2v) is 13.4. The third-order valence-electron chi connectivity index (χ3n) is 9.29. The van der Waals surface area contributed by atoms with Crippen LogP contribution < -0.4 is 0 Å². The van der Waals surface area contributed by atoms with E-state index >= 15 is 0 Å². The lowest BCUT2D eigenvalue weighted by atomic mass is 9.77. The van der Waals surface area contributed by atoms with E-state index < -0.39 is 0 Å². The van der Waals surface area contributed by atoms with Gasteiger partial charge in [-0.3, -0.25) is 0 Å². The molecule has 0 aliphatic heterocycles. The van der Waals surface area contributed by atoms with E-state index in [1.165, 1.54) is 82.4 Å². The number of fused-ring (bicyclic) bond motifs is 3. The van der Waals surface area contributed by atoms with Gasteiger partial charge in [0.05, 0.1) is 0 Å². The SMILES string of the molecule is CC(C)(C)c1c2ccccc2c(-c2ccc3ccccc3c2)c2ccc(-c3cc(-c4ccccc4)cc(-c4ccccc4)c3)cc12. The van der Waals surface area contributed by atoms with Crippen LogP contribution in [0.4, 0.5) is 0 Å². The van der Waals surface area contributed by atoms with E-state index in [0.717, 1.165) is 0 Å². The molecular formula is C46H36. The first-order chi connectivity index (χ1) is 22.4. The fourth-order valence-electron chi connectivity index (χ4n) is 7.21. The monoisotopic (exact) mass is 588 g/mol. The molecular weight excluding hydrogens is 553 g/mol. The Morgan fingerprint density at radius 1 is 0.304 bits per heavy atom. The number of benzene rings is 8. The normalized spacial score (nSPS) is 11.8. The molecule has 8 aromatic carbocycles. The van der Waals surface area contributed by atoms with Crippen molar-refractivity contribution in [2.24, 2.45) is 0 Å². The summed E-state index contributed by atoms with van der Waals surface area (Å²) in [4.78, 5) is 0. The minimum Gasteiger partial charge on any atom is -0.0622 e. The molecule has 0 N–H and O–H groups in total. The zero-order valence-electron chi connectivity index (χ0n) is 26.6. The molecule has 0 heterocycles. The Kier molecular flexibility index (Phi) is 6.80. The molecule has 0 atom stereocenters. The molecule has 220 valence electrons. The van der Waals surface area contributed by atoms with Gasteiger partial charge in [0.2, 0.25) is 0 Å². The van der Waals surface area contributed by atoms with Crippen molar-refractivity contribution in [3.8, 4) is 44.5 Å². The van der Waals surface area contributed by atoms with Crippen LogP contribution in [-0.2, 0) is 5.41 Å². The van der Waals surface area contributed by atoms with Crippen LogP contribution >= 0.6 is 0 Å². The minimum absolute atomic E-state index is 0.0561. The molecule has 0 aliphatic rings. The highest BCUT2D eigenvalue weighted by atomic mass is 14.3. The summed E-state index contributed by atoms with van der Waals surface area (Å²) < 4.78 is 0. The summed E-state index contributed by atoms with van der Waals surface area (Å²) in [5.41, 5.74) is 11.3. The Bertz CT molecular complexity index is 2310. The van der Waals surface area contributed by atoms with Crippen molar-refractivity contribution in [3.63, 3.8) is 0 Å². The Labute approximate surface area is 271 Å². The summed E-state index contributed by atoms with van der Waals surface area (Å²) in [6.07, 6.45) is 0. The van der Waals surface area contributed by atoms with Crippen LogP contribution in [0.1, 0.15) is 26.3 Å². The van der Waals surface area contributed by atoms with Gasteiger partial charge in [0.15, 0.2) is 0 Å². The molecule has 0 amide bonds. The number of hydrogen-bond acceptors (Lipinski definition) is 0. The molecule has 8 aromatic rings. The Balaban J connectivity index is 1.43. The minimum atomic E-state index is -0.0561. The molecule has 0 nitrogen and oxygen atoms in total. The van der Waals surface area contributed by atoms with Crippen LogP contribution in [0, 0.1) is 0 Å². The third kappa shape index (κ3) is 4.97. The van der Waals surface area contributed by atoms with Crippen molar-refractivity contribution < 1.29 is 0 Å². The zero-order chi connectivity index (χ0) is 31.3. The van der Waals surface area contributed by atoms with Crippen LogP contribution in [0.5, 0.6) is 0 Å². The van der Waals surface area contributed by atoms with Crippen LogP contribution in [0.3, 0.4) is 0 Å². The van der Waals surface area contributed by atoms with E-state index in [4.69, 9.17) is 0 Å². The summed E-state index contributed by atoms with van der Waals surface area (Å²) in [5, 5.41) is 7.77. The molecule has 0 heteroatoms. The second kappa shape index (κ2) is 11.2. The van der Waals surface area contributed by atoms with E-state index in [1.54, 1.807) is 0 Å². The Hall–Kier alpha value is -5.46. The van der Waals surface area contributed by atoms with Gasteiger partial charge in [-0.1, -0.05) is 154 Å². The molecule has 0 unspecified atom stereocenters. The van der Waals surface area contributed by atoms with Gasteiger partial charge in [-0.05, 0) is 118 Å². The molecule has 0 aliphatic carbocycles. The Morgan fingerprint density at radius 2 is 0.804 bits per heavy atom. The highest BCUT2D eigenvalue weighted by molar-refractivity contribution is 6.16. The molecule has 8 rings (SSSR count). The predicted octanol–water partition coefficient (Wildman–Crippen LogP) is 13.1. The fourth-order valence-corrected chi connectivity index (χ4v) is 7.21. The van der Waals surface area contributed by atoms with Crippen molar-refractivity contribution in [1.29, 1.82) is 0 Å². The summed E-state index contributed by atoms with van der Waals surface area (Å²) in [5.74, 6) is 0. The van der Waals surface area contributed by atoms with Crippen LogP contribution in [0.25, 0.3) is 76.8 Å². The lowest BCUT2D eigenvalue weighted by Gasteiger charge is -2.27. The molecule has 0 saturated carbocycles. The van der Waals surface area contributed by atoms with Crippen molar-refractivity contribution in [2.45, 2.75) is 26.2 Å². The molecule has 0 saturated heterocycles. The molecule has 0 fully saturated rings. The van der Waals surface area contributed by atoms with Crippen molar-refractivity contribution in [2.75, 3.05) is 0 Å². The first kappa shape index (κ1) is 28.0. The lowest BCUT2D eigenvalue weighted by Crippen LogP contribution is -2.13. The summed E-state index contributed by atoms with van der Waals surface area (Å²) in [7, 11) is 0. The van der Waals surface area contributed by atoms with Gasteiger partial charge < -0.3 is 0 Å². The quantitative estimate of drug-likeness (QED) is 0.179. The van der Waals surface area contributed by atoms with Gasteiger partial charge in [-0.2, -0.15) is 0 Å². The zero-order valence-corrected chi connectivity index (χ0v) is 26.6. The maximum absolute atomic E-state index is 2.45. The maximum Gasteiger partial charge on any atom is -0.00264 e. The van der Waals surface area contributed by atoms with Gasteiger partial charge in [-0.25, -0.2) is 0 Å². The standard InChI is InChI=1S/C46H36/c1-46(2,3)45-42-21-13-12-20-40(42)44(36-23-22-33-18-10-11-19-34(33)26-36)41-25-24-35(30-43(41)45)39-28-37(31-14-6-4-7-15-31)27-38(29-39)32-16-8-5-9-17-32/h4-30H,1-3H3. The topological polar surface area (TPSA) is 0 Å². The van der Waals surface area contributed by atoms with Gasteiger partial charge >= 0.3 is 0 Å². The molecule has 46 heavy (non-hydrogen) atoms. The Morgan fingerprint density at radius 3 is 1.43 bits per heavy atom. The second-order valence-electron chi connectivity index (χ2n) is 13.4. The van der Waals surface area contributed by atoms with Gasteiger partial charge in [0.25, 0.3) is 0 Å². The maximum atomic E-state index is 2.45. The summed E-state index contributed by atoms with van der Waals surface area (Å²) in [6, 6.07) is 60.2. The molecule has 0 aromatic heterocycles. The fraction of sp³-hybridized carbons (Fsp3) is 0.0870. The van der Waals surface area contributed by atoms with E-state index in [-0.39, 0.29) is 5.41 Å². The third-order valence-corrected chi connectivity index (χ3v) is 9.29. The summed E-state index contributed by atoms with van der Waals surface area (Å²) in [6.45, 7) is 7.04. The van der Waals surface area contributed by atoms with Crippen LogP contribution in [0.15, 0.2) is 164 Å². The smallest absolute Gasteiger partial charge is 0.00264 e. The van der Waals surface area contributed by atoms with Crippen molar-refractivity contribution in [1.82, 2.24) is 0 Å². The van der Waals surface area contributed by atoms with E-state index in [1.807, 2.05) is 0 Å². The molecule has 0 radical (unpaired) electrons.